The summed E-state index contributed by atoms with van der Waals surface area (Å²) in [5, 5.41) is 0. The molecule has 0 aromatic heterocycles. The van der Waals surface area contributed by atoms with Crippen LogP contribution in [0.25, 0.3) is 0 Å². The highest BCUT2D eigenvalue weighted by atomic mass is 35.5. The molecule has 0 aliphatic carbocycles. The van der Waals surface area contributed by atoms with E-state index in [-0.39, 0.29) is 18.3 Å². The smallest absolute Gasteiger partial charge is 0.218 e. The van der Waals surface area contributed by atoms with E-state index in [0.717, 1.165) is 0 Å². The summed E-state index contributed by atoms with van der Waals surface area (Å²) in [4.78, 5) is 9.74. The van der Waals surface area contributed by atoms with Gasteiger partial charge >= 0.3 is 0 Å². The first-order chi connectivity index (χ1) is 2.77. The van der Waals surface area contributed by atoms with Gasteiger partial charge in [-0.1, -0.05) is 0 Å². The fraction of sp³-hybridized carbons (Fsp3) is 0.667. The van der Waals surface area contributed by atoms with Gasteiger partial charge in [-0.15, -0.1) is 12.4 Å². The molecule has 7 heavy (non-hydrogen) atoms. The third-order valence-electron chi connectivity index (χ3n) is 0.391. The van der Waals surface area contributed by atoms with Gasteiger partial charge < -0.3 is 11.5 Å². The maximum Gasteiger partial charge on any atom is 0.218 e. The zero-order chi connectivity index (χ0) is 4.99. The molecule has 0 aromatic carbocycles. The van der Waals surface area contributed by atoms with Crippen LogP contribution >= 0.6 is 12.4 Å². The normalized spacial score (nSPS) is 7.00. The van der Waals surface area contributed by atoms with Crippen LogP contribution in [0.1, 0.15) is 6.42 Å². The van der Waals surface area contributed by atoms with E-state index in [0.29, 0.717) is 13.0 Å². The second kappa shape index (κ2) is 5.72. The Morgan fingerprint density at radius 3 is 2.00 bits per heavy atom. The number of carbonyl (C=O) groups is 1. The molecule has 0 aromatic rings. The summed E-state index contributed by atoms with van der Waals surface area (Å²) in [6.45, 7) is 0.356. The third-order valence-corrected chi connectivity index (χ3v) is 0.391. The van der Waals surface area contributed by atoms with E-state index in [2.05, 4.69) is 5.73 Å². The van der Waals surface area contributed by atoms with Crippen LogP contribution in [0, 0.1) is 0 Å². The predicted octanol–water partition coefficient (Wildman–Crippen LogP) is -0.758. The molecule has 4 N–H and O–H groups in total. The fourth-order valence-corrected chi connectivity index (χ4v) is 0.142. The van der Waals surface area contributed by atoms with E-state index in [9.17, 15) is 4.79 Å². The Labute approximate surface area is 48.5 Å². The Morgan fingerprint density at radius 2 is 2.00 bits per heavy atom. The molecule has 0 radical (unpaired) electrons. The van der Waals surface area contributed by atoms with Crippen molar-refractivity contribution >= 4 is 18.3 Å². The number of hydrogen-bond acceptors (Lipinski definition) is 2. The minimum atomic E-state index is -0.336. The first-order valence-electron chi connectivity index (χ1n) is 1.75. The molecule has 0 rings (SSSR count). The van der Waals surface area contributed by atoms with Gasteiger partial charge in [-0.2, -0.15) is 0 Å². The molecule has 0 fully saturated rings. The number of halogens is 1. The number of amides is 1. The number of carbonyl (C=O) groups excluding carboxylic acids is 1. The van der Waals surface area contributed by atoms with Gasteiger partial charge in [-0.25, -0.2) is 0 Å². The minimum Gasteiger partial charge on any atom is -0.370 e. The minimum absolute atomic E-state index is 0. The van der Waals surface area contributed by atoms with Gasteiger partial charge in [0.15, 0.2) is 0 Å². The van der Waals surface area contributed by atoms with Crippen LogP contribution < -0.4 is 11.5 Å². The van der Waals surface area contributed by atoms with Gasteiger partial charge in [-0.05, 0) is 0 Å². The molecule has 0 aliphatic rings. The van der Waals surface area contributed by atoms with E-state index in [1.54, 1.807) is 0 Å². The lowest BCUT2D eigenvalue weighted by atomic mass is 10.4. The summed E-state index contributed by atoms with van der Waals surface area (Å²) in [5.74, 6) is -0.336. The van der Waals surface area contributed by atoms with Crippen LogP contribution in [0.2, 0.25) is 0 Å². The summed E-state index contributed by atoms with van der Waals surface area (Å²) in [5.41, 5.74) is 9.61. The summed E-state index contributed by atoms with van der Waals surface area (Å²) in [6.07, 6.45) is 0.292. The summed E-state index contributed by atoms with van der Waals surface area (Å²) in [7, 11) is 0. The van der Waals surface area contributed by atoms with Crippen molar-refractivity contribution in [2.24, 2.45) is 11.5 Å². The Bertz CT molecular complexity index is 56.9. The third kappa shape index (κ3) is 10.7. The largest absolute Gasteiger partial charge is 0.370 e. The van der Waals surface area contributed by atoms with Gasteiger partial charge in [0.05, 0.1) is 0 Å². The number of hydrogen-bond donors (Lipinski definition) is 2. The van der Waals surface area contributed by atoms with Crippen LogP contribution in [-0.4, -0.2) is 12.5 Å². The van der Waals surface area contributed by atoms with Gasteiger partial charge in [0, 0.05) is 13.0 Å². The van der Waals surface area contributed by atoms with Crippen LogP contribution in [-0.2, 0) is 4.79 Å². The molecule has 0 saturated carbocycles. The molecule has 0 saturated heterocycles. The molecule has 44 valence electrons. The maximum atomic E-state index is 9.74. The lowest BCUT2D eigenvalue weighted by Crippen LogP contribution is -2.15. The number of nitrogens with two attached hydrogens (primary N) is 2. The highest BCUT2D eigenvalue weighted by Gasteiger charge is 1.84. The molecule has 0 heterocycles. The molecule has 0 aliphatic heterocycles. The van der Waals surface area contributed by atoms with Crippen LogP contribution in [0.5, 0.6) is 0 Å². The van der Waals surface area contributed by atoms with Crippen LogP contribution in [0.3, 0.4) is 0 Å². The van der Waals surface area contributed by atoms with E-state index in [4.69, 9.17) is 5.73 Å². The van der Waals surface area contributed by atoms with Gasteiger partial charge in [-0.3, -0.25) is 4.79 Å². The first kappa shape index (κ1) is 9.87. The zero-order valence-electron chi connectivity index (χ0n) is 3.89. The highest BCUT2D eigenvalue weighted by Crippen LogP contribution is 1.63. The summed E-state index contributed by atoms with van der Waals surface area (Å²) < 4.78 is 0. The molecule has 0 atom stereocenters. The standard InChI is InChI=1S/C3H8N2O.ClH/c4-2-1-3(5)6;/h1-2,4H2,(H2,5,6);1H. The lowest BCUT2D eigenvalue weighted by molar-refractivity contribution is -0.117. The van der Waals surface area contributed by atoms with Crippen molar-refractivity contribution in [2.75, 3.05) is 6.54 Å². The Balaban J connectivity index is 0. The fourth-order valence-electron chi connectivity index (χ4n) is 0.142. The number of primary amides is 1. The predicted molar refractivity (Wildman–Crippen MR) is 30.1 cm³/mol. The van der Waals surface area contributed by atoms with Gasteiger partial charge in [0.2, 0.25) is 5.91 Å². The molecule has 0 bridgehead atoms. The zero-order valence-corrected chi connectivity index (χ0v) is 4.70. The van der Waals surface area contributed by atoms with Crippen LogP contribution in [0.15, 0.2) is 0 Å². The van der Waals surface area contributed by atoms with Crippen LogP contribution in [0.4, 0.5) is 0 Å². The average Bonchev–Trinajstić information content (AvgIpc) is 1.35. The lowest BCUT2D eigenvalue weighted by Gasteiger charge is -1.82. The molecule has 3 nitrogen and oxygen atoms in total. The second-order valence-electron chi connectivity index (χ2n) is 1.00. The van der Waals surface area contributed by atoms with Gasteiger partial charge in [0.25, 0.3) is 0 Å². The van der Waals surface area contributed by atoms with E-state index < -0.39 is 0 Å². The molecule has 1 amide bonds. The first-order valence-corrected chi connectivity index (χ1v) is 1.75. The maximum absolute atomic E-state index is 9.74. The summed E-state index contributed by atoms with van der Waals surface area (Å²) >= 11 is 0. The topological polar surface area (TPSA) is 69.1 Å². The van der Waals surface area contributed by atoms with Gasteiger partial charge in [0.1, 0.15) is 0 Å². The van der Waals surface area contributed by atoms with Crippen molar-refractivity contribution in [2.45, 2.75) is 6.42 Å². The van der Waals surface area contributed by atoms with E-state index in [1.165, 1.54) is 0 Å². The number of rotatable bonds is 2. The average molecular weight is 125 g/mol. The van der Waals surface area contributed by atoms with Crippen molar-refractivity contribution in [3.8, 4) is 0 Å². The molecular formula is C3H9ClN2O. The van der Waals surface area contributed by atoms with Crippen molar-refractivity contribution in [3.63, 3.8) is 0 Å². The molecule has 0 unspecified atom stereocenters. The monoisotopic (exact) mass is 124 g/mol. The molecule has 0 spiro atoms. The van der Waals surface area contributed by atoms with Crippen molar-refractivity contribution in [1.82, 2.24) is 0 Å². The second-order valence-corrected chi connectivity index (χ2v) is 1.00. The Kier molecular flexibility index (Phi) is 8.06. The van der Waals surface area contributed by atoms with Crippen molar-refractivity contribution < 1.29 is 4.79 Å². The SMILES string of the molecule is Cl.NCCC(N)=O. The highest BCUT2D eigenvalue weighted by molar-refractivity contribution is 5.85. The van der Waals surface area contributed by atoms with E-state index >= 15 is 0 Å². The Hall–Kier alpha value is -0.280. The summed E-state index contributed by atoms with van der Waals surface area (Å²) in [6, 6.07) is 0. The van der Waals surface area contributed by atoms with Crippen molar-refractivity contribution in [3.05, 3.63) is 0 Å². The van der Waals surface area contributed by atoms with Crippen molar-refractivity contribution in [1.29, 1.82) is 0 Å². The molecule has 4 heteroatoms. The Morgan fingerprint density at radius 1 is 1.57 bits per heavy atom. The molecular weight excluding hydrogens is 115 g/mol. The quantitative estimate of drug-likeness (QED) is 0.508. The van der Waals surface area contributed by atoms with E-state index in [1.807, 2.05) is 0 Å².